The predicted octanol–water partition coefficient (Wildman–Crippen LogP) is 3.70. The maximum atomic E-state index is 10.9. The fourth-order valence-corrected chi connectivity index (χ4v) is 3.05. The van der Waals surface area contributed by atoms with Gasteiger partial charge in [-0.15, -0.1) is 0 Å². The second-order valence-electron chi connectivity index (χ2n) is 7.11. The third-order valence-corrected chi connectivity index (χ3v) is 4.63. The van der Waals surface area contributed by atoms with Crippen molar-refractivity contribution in [3.8, 4) is 0 Å². The quantitative estimate of drug-likeness (QED) is 0.307. The smallest absolute Gasteiger partial charge is 0.0674 e. The highest BCUT2D eigenvalue weighted by Gasteiger charge is 2.01. The maximum Gasteiger partial charge on any atom is 0.0674 e. The highest BCUT2D eigenvalue weighted by Crippen LogP contribution is 2.16. The lowest BCUT2D eigenvalue weighted by Gasteiger charge is -2.10. The number of carboxylic acid groups (broad SMARTS) is 1. The van der Waals surface area contributed by atoms with Gasteiger partial charge in [0.05, 0.1) is 5.97 Å². The minimum atomic E-state index is -0.986. The van der Waals surface area contributed by atoms with Crippen LogP contribution in [-0.2, 0) is 4.79 Å². The summed E-state index contributed by atoms with van der Waals surface area (Å²) in [5.41, 5.74) is 1.39. The summed E-state index contributed by atoms with van der Waals surface area (Å²) in [5, 5.41) is 10.9. The lowest BCUT2D eigenvalue weighted by Crippen LogP contribution is -3.00. The maximum absolute atomic E-state index is 10.9. The zero-order chi connectivity index (χ0) is 17.3. The molecule has 0 radical (unpaired) electrons. The molecule has 160 valence electrons. The van der Waals surface area contributed by atoms with Gasteiger partial charge in [-0.2, -0.15) is 0 Å². The van der Waals surface area contributed by atoms with Crippen molar-refractivity contribution in [2.24, 2.45) is 0 Å². The molecule has 8 N–H and O–H groups in total. The number of carboxylic acids is 1. The fourth-order valence-electron chi connectivity index (χ4n) is 3.05. The Hall–Kier alpha value is -0.580. The average molecular weight is 395 g/mol. The lowest BCUT2D eigenvalue weighted by molar-refractivity contribution is -0.299. The van der Waals surface area contributed by atoms with Gasteiger partial charge in [0.2, 0.25) is 0 Å². The molecular weight excluding hydrogens is 348 g/mol. The van der Waals surface area contributed by atoms with E-state index in [4.69, 9.17) is 0 Å². The Morgan fingerprint density at radius 1 is 0.654 bits per heavy atom. The molecule has 5 heteroatoms. The molecule has 0 aromatic carbocycles. The van der Waals surface area contributed by atoms with Crippen LogP contribution in [0.4, 0.5) is 0 Å². The van der Waals surface area contributed by atoms with E-state index < -0.39 is 5.97 Å². The third kappa shape index (κ3) is 21.5. The van der Waals surface area contributed by atoms with Gasteiger partial charge < -0.3 is 34.6 Å². The van der Waals surface area contributed by atoms with Crippen LogP contribution < -0.4 is 29.8 Å². The van der Waals surface area contributed by atoms with Crippen LogP contribution in [0.5, 0.6) is 0 Å². The molecule has 0 aliphatic rings. The number of carbonyl (C=O) groups is 1. The Balaban J connectivity index is -0.000000807. The lowest BCUT2D eigenvalue weighted by atomic mass is 10.0. The van der Waals surface area contributed by atoms with Crippen molar-refractivity contribution < 1.29 is 22.3 Å². The van der Waals surface area contributed by atoms with Crippen molar-refractivity contribution in [2.75, 3.05) is 0 Å². The molecule has 0 atom stereocenters. The van der Waals surface area contributed by atoms with E-state index in [2.05, 4.69) is 6.92 Å². The summed E-state index contributed by atoms with van der Waals surface area (Å²) in [6.45, 7) is 5.98. The van der Waals surface area contributed by atoms with E-state index in [0.29, 0.717) is 12.0 Å². The van der Waals surface area contributed by atoms with Crippen molar-refractivity contribution in [2.45, 2.75) is 117 Å². The number of rotatable bonds is 16. The van der Waals surface area contributed by atoms with Crippen LogP contribution in [0.25, 0.3) is 0 Å². The molecule has 0 amide bonds. The Bertz CT molecular complexity index is 330. The summed E-state index contributed by atoms with van der Waals surface area (Å²) in [4.78, 5) is 10.9. The molecule has 0 heterocycles. The monoisotopic (exact) mass is 394 g/mol. The molecule has 0 saturated carbocycles. The first-order valence-electron chi connectivity index (χ1n) is 9.97. The summed E-state index contributed by atoms with van der Waals surface area (Å²) < 4.78 is 0. The molecule has 0 saturated heterocycles. The number of halogens is 1. The van der Waals surface area contributed by atoms with Crippen molar-refractivity contribution in [1.82, 2.24) is 12.3 Å². The molecule has 0 aromatic heterocycles. The molecule has 0 aliphatic carbocycles. The number of unbranched alkanes of at least 4 members (excludes halogenated alkanes) is 13. The fraction of sp³-hybridized carbons (Fsp3) is 0.857. The van der Waals surface area contributed by atoms with E-state index in [0.717, 1.165) is 18.4 Å². The molecule has 26 heavy (non-hydrogen) atoms. The number of aliphatic carboxylic acids is 1. The molecule has 0 rings (SSSR count). The summed E-state index contributed by atoms with van der Waals surface area (Å²) in [7, 11) is 0. The SMILES string of the molecule is CCCCCCCCCCCCCCCCC(C(=O)[O-])=C(C)C.[Cl-].[NH4+].[NH4+]. The van der Waals surface area contributed by atoms with E-state index in [1.807, 2.05) is 13.8 Å². The van der Waals surface area contributed by atoms with Crippen LogP contribution in [0.15, 0.2) is 11.1 Å². The second kappa shape index (κ2) is 24.4. The highest BCUT2D eigenvalue weighted by molar-refractivity contribution is 5.85. The Kier molecular flexibility index (Phi) is 31.0. The van der Waals surface area contributed by atoms with Gasteiger partial charge in [-0.1, -0.05) is 96.0 Å². The molecule has 4 nitrogen and oxygen atoms in total. The number of hydrogen-bond donors (Lipinski definition) is 2. The van der Waals surface area contributed by atoms with Crippen LogP contribution in [-0.4, -0.2) is 5.97 Å². The molecule has 0 unspecified atom stereocenters. The zero-order valence-electron chi connectivity index (χ0n) is 18.3. The second-order valence-corrected chi connectivity index (χ2v) is 7.11. The van der Waals surface area contributed by atoms with Crippen LogP contribution in [0.1, 0.15) is 117 Å². The number of allylic oxidation sites excluding steroid dienone is 1. The van der Waals surface area contributed by atoms with E-state index in [9.17, 15) is 9.90 Å². The van der Waals surface area contributed by atoms with Gasteiger partial charge in [-0.3, -0.25) is 0 Å². The van der Waals surface area contributed by atoms with Gasteiger partial charge in [0, 0.05) is 0 Å². The van der Waals surface area contributed by atoms with Crippen LogP contribution in [0.2, 0.25) is 0 Å². The first kappa shape index (κ1) is 33.0. The van der Waals surface area contributed by atoms with E-state index >= 15 is 0 Å². The van der Waals surface area contributed by atoms with Crippen molar-refractivity contribution >= 4 is 5.97 Å². The van der Waals surface area contributed by atoms with Gasteiger partial charge in [-0.25, -0.2) is 0 Å². The minimum Gasteiger partial charge on any atom is -1.00 e. The molecule has 0 aliphatic heterocycles. The van der Waals surface area contributed by atoms with Gasteiger partial charge in [0.1, 0.15) is 0 Å². The van der Waals surface area contributed by atoms with Crippen molar-refractivity contribution in [3.05, 3.63) is 11.1 Å². The molecule has 0 bridgehead atoms. The number of quaternary nitrogens is 2. The zero-order valence-corrected chi connectivity index (χ0v) is 19.1. The Labute approximate surface area is 169 Å². The van der Waals surface area contributed by atoms with Crippen molar-refractivity contribution in [3.63, 3.8) is 0 Å². The third-order valence-electron chi connectivity index (χ3n) is 4.63. The molecule has 0 fully saturated rings. The summed E-state index contributed by atoms with van der Waals surface area (Å²) in [6.07, 6.45) is 19.2. The van der Waals surface area contributed by atoms with Gasteiger partial charge >= 0.3 is 0 Å². The standard InChI is InChI=1S/C21H40O2.ClH.2H3N/c1-4-5-6-7-8-9-10-11-12-13-14-15-16-17-18-20(19(2)3)21(22)23;;;/h4-18H2,1-3H3,(H,22,23);1H;2*1H3. The van der Waals surface area contributed by atoms with E-state index in [1.54, 1.807) is 0 Å². The normalized spacial score (nSPS) is 9.50. The number of carbonyl (C=O) groups excluding carboxylic acids is 1. The summed E-state index contributed by atoms with van der Waals surface area (Å²) in [5.74, 6) is -0.986. The summed E-state index contributed by atoms with van der Waals surface area (Å²) in [6, 6.07) is 0. The van der Waals surface area contributed by atoms with Crippen LogP contribution in [0.3, 0.4) is 0 Å². The average Bonchev–Trinajstić information content (AvgIpc) is 2.50. The Morgan fingerprint density at radius 2 is 0.962 bits per heavy atom. The van der Waals surface area contributed by atoms with Gasteiger partial charge in [-0.05, 0) is 32.3 Å². The molecular formula is C21H47ClN2O2. The predicted molar refractivity (Wildman–Crippen MR) is 110 cm³/mol. The highest BCUT2D eigenvalue weighted by atomic mass is 35.5. The van der Waals surface area contributed by atoms with Gasteiger partial charge in [0.15, 0.2) is 0 Å². The topological polar surface area (TPSA) is 113 Å². The van der Waals surface area contributed by atoms with E-state index in [-0.39, 0.29) is 24.7 Å². The van der Waals surface area contributed by atoms with E-state index in [1.165, 1.54) is 77.0 Å². The van der Waals surface area contributed by atoms with Crippen molar-refractivity contribution in [1.29, 1.82) is 0 Å². The van der Waals surface area contributed by atoms with Crippen LogP contribution in [0, 0.1) is 0 Å². The first-order chi connectivity index (χ1) is 11.1. The number of hydrogen-bond acceptors (Lipinski definition) is 2. The van der Waals surface area contributed by atoms with Gasteiger partial charge in [0.25, 0.3) is 0 Å². The summed E-state index contributed by atoms with van der Waals surface area (Å²) >= 11 is 0. The molecule has 0 spiro atoms. The first-order valence-corrected chi connectivity index (χ1v) is 9.97. The molecule has 0 aromatic rings. The largest absolute Gasteiger partial charge is 1.00 e. The Morgan fingerprint density at radius 3 is 1.23 bits per heavy atom. The minimum absolute atomic E-state index is 0. The van der Waals surface area contributed by atoms with Crippen LogP contribution >= 0.6 is 0 Å².